The maximum Gasteiger partial charge on any atom is 0.408 e. The molecule has 26 heavy (non-hydrogen) atoms. The molecule has 1 aliphatic carbocycles. The van der Waals surface area contributed by atoms with Crippen LogP contribution in [0, 0.1) is 19.8 Å². The maximum atomic E-state index is 12.4. The molecule has 5 heteroatoms. The Balaban J connectivity index is 1.90. The zero-order chi connectivity index (χ0) is 19.1. The quantitative estimate of drug-likeness (QED) is 0.824. The molecule has 1 atom stereocenters. The molecule has 1 aromatic heterocycles. The van der Waals surface area contributed by atoms with Gasteiger partial charge < -0.3 is 14.6 Å². The third-order valence-corrected chi connectivity index (χ3v) is 4.92. The standard InChI is InChI=1S/C21H31N3O2/c1-13-11-14(2)18-17(12-13)24(6)19(23-18)16(10-9-15-7-8-15)22-20(25)26-21(3,4)5/h11-12,15-16H,7-10H2,1-6H3,(H,22,25). The van der Waals surface area contributed by atoms with Crippen molar-refractivity contribution in [1.82, 2.24) is 14.9 Å². The molecule has 1 N–H and O–H groups in total. The van der Waals surface area contributed by atoms with Crippen molar-refractivity contribution in [3.8, 4) is 0 Å². The lowest BCUT2D eigenvalue weighted by Gasteiger charge is -2.23. The van der Waals surface area contributed by atoms with E-state index in [-0.39, 0.29) is 12.1 Å². The monoisotopic (exact) mass is 357 g/mol. The summed E-state index contributed by atoms with van der Waals surface area (Å²) in [5, 5.41) is 3.06. The average Bonchev–Trinajstić information content (AvgIpc) is 3.27. The molecule has 1 aromatic carbocycles. The van der Waals surface area contributed by atoms with E-state index < -0.39 is 5.60 Å². The van der Waals surface area contributed by atoms with Crippen LogP contribution in [0.15, 0.2) is 12.1 Å². The number of hydrogen-bond donors (Lipinski definition) is 1. The van der Waals surface area contributed by atoms with Gasteiger partial charge >= 0.3 is 6.09 Å². The van der Waals surface area contributed by atoms with Crippen molar-refractivity contribution in [3.05, 3.63) is 29.1 Å². The van der Waals surface area contributed by atoms with Gasteiger partial charge in [0.1, 0.15) is 11.4 Å². The van der Waals surface area contributed by atoms with Gasteiger partial charge in [-0.15, -0.1) is 0 Å². The molecule has 5 nitrogen and oxygen atoms in total. The van der Waals surface area contributed by atoms with Crippen LogP contribution in [0.2, 0.25) is 0 Å². The molecule has 0 saturated heterocycles. The van der Waals surface area contributed by atoms with Gasteiger partial charge in [0, 0.05) is 7.05 Å². The Hall–Kier alpha value is -2.04. The molecule has 1 heterocycles. The van der Waals surface area contributed by atoms with E-state index in [0.29, 0.717) is 0 Å². The first-order chi connectivity index (χ1) is 12.1. The number of carbonyl (C=O) groups is 1. The topological polar surface area (TPSA) is 56.1 Å². The number of nitrogens with one attached hydrogen (secondary N) is 1. The molecule has 0 bridgehead atoms. The number of aromatic nitrogens is 2. The fraction of sp³-hybridized carbons (Fsp3) is 0.619. The van der Waals surface area contributed by atoms with Gasteiger partial charge in [0.05, 0.1) is 17.1 Å². The zero-order valence-electron chi connectivity index (χ0n) is 16.8. The molecular weight excluding hydrogens is 326 g/mol. The Kier molecular flexibility index (Phi) is 5.00. The predicted octanol–water partition coefficient (Wildman–Crippen LogP) is 4.95. The number of fused-ring (bicyclic) bond motifs is 1. The summed E-state index contributed by atoms with van der Waals surface area (Å²) < 4.78 is 7.60. The second-order valence-corrected chi connectivity index (χ2v) is 8.70. The molecule has 1 saturated carbocycles. The highest BCUT2D eigenvalue weighted by Gasteiger charge is 2.28. The maximum absolute atomic E-state index is 12.4. The number of rotatable bonds is 5. The number of carbonyl (C=O) groups excluding carboxylic acids is 1. The third-order valence-electron chi connectivity index (χ3n) is 4.92. The van der Waals surface area contributed by atoms with E-state index in [1.807, 2.05) is 27.8 Å². The Morgan fingerprint density at radius 3 is 2.65 bits per heavy atom. The molecule has 0 aliphatic heterocycles. The van der Waals surface area contributed by atoms with Gasteiger partial charge in [0.2, 0.25) is 0 Å². The van der Waals surface area contributed by atoms with Gasteiger partial charge in [0.15, 0.2) is 0 Å². The van der Waals surface area contributed by atoms with Crippen molar-refractivity contribution < 1.29 is 9.53 Å². The molecule has 0 spiro atoms. The van der Waals surface area contributed by atoms with Crippen LogP contribution >= 0.6 is 0 Å². The number of amides is 1. The molecule has 1 fully saturated rings. The molecule has 1 unspecified atom stereocenters. The summed E-state index contributed by atoms with van der Waals surface area (Å²) in [6.07, 6.45) is 4.24. The molecule has 142 valence electrons. The number of benzene rings is 1. The number of nitrogens with zero attached hydrogens (tertiary/aromatic N) is 2. The fourth-order valence-corrected chi connectivity index (χ4v) is 3.49. The fourth-order valence-electron chi connectivity index (χ4n) is 3.49. The van der Waals surface area contributed by atoms with Gasteiger partial charge in [-0.1, -0.05) is 18.9 Å². The van der Waals surface area contributed by atoms with Gasteiger partial charge in [0.25, 0.3) is 0 Å². The molecule has 1 amide bonds. The van der Waals surface area contributed by atoms with Crippen LogP contribution in [-0.2, 0) is 11.8 Å². The smallest absolute Gasteiger partial charge is 0.408 e. The van der Waals surface area contributed by atoms with Crippen molar-refractivity contribution >= 4 is 17.1 Å². The lowest BCUT2D eigenvalue weighted by atomic mass is 10.1. The summed E-state index contributed by atoms with van der Waals surface area (Å²) >= 11 is 0. The van der Waals surface area contributed by atoms with Gasteiger partial charge in [-0.25, -0.2) is 9.78 Å². The average molecular weight is 357 g/mol. The minimum Gasteiger partial charge on any atom is -0.444 e. The van der Waals surface area contributed by atoms with Crippen LogP contribution < -0.4 is 5.32 Å². The minimum absolute atomic E-state index is 0.137. The van der Waals surface area contributed by atoms with E-state index in [9.17, 15) is 4.79 Å². The Morgan fingerprint density at radius 1 is 1.35 bits per heavy atom. The normalized spacial score (nSPS) is 15.9. The van der Waals surface area contributed by atoms with Crippen LogP contribution in [0.1, 0.15) is 69.4 Å². The van der Waals surface area contributed by atoms with Crippen molar-refractivity contribution in [2.24, 2.45) is 13.0 Å². The Morgan fingerprint density at radius 2 is 2.04 bits per heavy atom. The highest BCUT2D eigenvalue weighted by Crippen LogP contribution is 2.36. The van der Waals surface area contributed by atoms with E-state index in [1.54, 1.807) is 0 Å². The highest BCUT2D eigenvalue weighted by atomic mass is 16.6. The second-order valence-electron chi connectivity index (χ2n) is 8.70. The summed E-state index contributed by atoms with van der Waals surface area (Å²) in [6, 6.07) is 4.17. The van der Waals surface area contributed by atoms with Crippen molar-refractivity contribution in [2.45, 2.75) is 71.9 Å². The van der Waals surface area contributed by atoms with Crippen LogP contribution in [0.5, 0.6) is 0 Å². The highest BCUT2D eigenvalue weighted by molar-refractivity contribution is 5.80. The minimum atomic E-state index is -0.509. The van der Waals surface area contributed by atoms with Gasteiger partial charge in [-0.3, -0.25) is 0 Å². The summed E-state index contributed by atoms with van der Waals surface area (Å²) in [5.74, 6) is 1.71. The van der Waals surface area contributed by atoms with Crippen molar-refractivity contribution in [1.29, 1.82) is 0 Å². The first-order valence-corrected chi connectivity index (χ1v) is 9.57. The van der Waals surface area contributed by atoms with E-state index in [2.05, 4.69) is 35.9 Å². The van der Waals surface area contributed by atoms with E-state index in [0.717, 1.165) is 35.6 Å². The third kappa shape index (κ3) is 4.37. The summed E-state index contributed by atoms with van der Waals surface area (Å²) in [7, 11) is 2.03. The SMILES string of the molecule is Cc1cc(C)c2nc(C(CCC3CC3)NC(=O)OC(C)(C)C)n(C)c2c1. The number of aryl methyl sites for hydroxylation is 3. The number of ether oxygens (including phenoxy) is 1. The van der Waals surface area contributed by atoms with Crippen molar-refractivity contribution in [2.75, 3.05) is 0 Å². The van der Waals surface area contributed by atoms with Crippen LogP contribution in [-0.4, -0.2) is 21.2 Å². The van der Waals surface area contributed by atoms with Crippen LogP contribution in [0.4, 0.5) is 4.79 Å². The van der Waals surface area contributed by atoms with E-state index >= 15 is 0 Å². The number of imidazole rings is 1. The molecule has 1 aliphatic rings. The van der Waals surface area contributed by atoms with Crippen LogP contribution in [0.25, 0.3) is 11.0 Å². The summed E-state index contributed by atoms with van der Waals surface area (Å²) in [6.45, 7) is 9.84. The molecule has 2 aromatic rings. The van der Waals surface area contributed by atoms with Crippen LogP contribution in [0.3, 0.4) is 0 Å². The number of alkyl carbamates (subject to hydrolysis) is 1. The zero-order valence-corrected chi connectivity index (χ0v) is 16.8. The summed E-state index contributed by atoms with van der Waals surface area (Å²) in [5.41, 5.74) is 4.00. The first kappa shape index (κ1) is 18.7. The number of hydrogen-bond acceptors (Lipinski definition) is 3. The van der Waals surface area contributed by atoms with Gasteiger partial charge in [-0.2, -0.15) is 0 Å². The molecule has 3 rings (SSSR count). The summed E-state index contributed by atoms with van der Waals surface area (Å²) in [4.78, 5) is 17.3. The van der Waals surface area contributed by atoms with E-state index in [4.69, 9.17) is 9.72 Å². The Labute approximate surface area is 156 Å². The lowest BCUT2D eigenvalue weighted by Crippen LogP contribution is -2.36. The first-order valence-electron chi connectivity index (χ1n) is 9.57. The second kappa shape index (κ2) is 6.93. The molecule has 0 radical (unpaired) electrons. The van der Waals surface area contributed by atoms with E-state index in [1.165, 1.54) is 24.0 Å². The van der Waals surface area contributed by atoms with Crippen molar-refractivity contribution in [3.63, 3.8) is 0 Å². The lowest BCUT2D eigenvalue weighted by molar-refractivity contribution is 0.0497. The predicted molar refractivity (Wildman–Crippen MR) is 104 cm³/mol. The Bertz CT molecular complexity index is 813. The molecular formula is C21H31N3O2. The van der Waals surface area contributed by atoms with Gasteiger partial charge in [-0.05, 0) is 70.6 Å². The largest absolute Gasteiger partial charge is 0.444 e.